The third-order valence-electron chi connectivity index (χ3n) is 3.74. The normalized spacial score (nSPS) is 12.4. The molecule has 0 heterocycles. The molecule has 1 atom stereocenters. The standard InChI is InChI=1S/C20H26ClNO/c1-15(2)23-20-12-11-19(21)13-18(20)14-22-16(3)9-10-17-7-5-4-6-8-17/h4-8,11-13,15-16,22H,9-10,14H2,1-3H3/t16-/m1/s1. The van der Waals surface area contributed by atoms with Gasteiger partial charge in [0.2, 0.25) is 0 Å². The highest BCUT2D eigenvalue weighted by atomic mass is 35.5. The zero-order chi connectivity index (χ0) is 16.7. The zero-order valence-electron chi connectivity index (χ0n) is 14.2. The van der Waals surface area contributed by atoms with E-state index < -0.39 is 0 Å². The van der Waals surface area contributed by atoms with Crippen LogP contribution in [0.15, 0.2) is 48.5 Å². The van der Waals surface area contributed by atoms with Crippen molar-refractivity contribution in [1.82, 2.24) is 5.32 Å². The molecule has 23 heavy (non-hydrogen) atoms. The SMILES string of the molecule is CC(C)Oc1ccc(Cl)cc1CN[C@H](C)CCc1ccccc1. The summed E-state index contributed by atoms with van der Waals surface area (Å²) in [5, 5.41) is 4.32. The lowest BCUT2D eigenvalue weighted by Gasteiger charge is -2.18. The minimum atomic E-state index is 0.158. The van der Waals surface area contributed by atoms with Gasteiger partial charge in [-0.2, -0.15) is 0 Å². The lowest BCUT2D eigenvalue weighted by Crippen LogP contribution is -2.26. The number of hydrogen-bond acceptors (Lipinski definition) is 2. The number of halogens is 1. The second-order valence-electron chi connectivity index (χ2n) is 6.22. The van der Waals surface area contributed by atoms with Gasteiger partial charge in [-0.25, -0.2) is 0 Å². The van der Waals surface area contributed by atoms with E-state index in [-0.39, 0.29) is 6.10 Å². The molecule has 2 aromatic carbocycles. The molecule has 0 fully saturated rings. The van der Waals surface area contributed by atoms with Crippen molar-refractivity contribution in [1.29, 1.82) is 0 Å². The number of rotatable bonds is 8. The van der Waals surface area contributed by atoms with Crippen molar-refractivity contribution in [3.63, 3.8) is 0 Å². The van der Waals surface area contributed by atoms with E-state index in [0.717, 1.165) is 35.7 Å². The summed E-state index contributed by atoms with van der Waals surface area (Å²) in [4.78, 5) is 0. The Morgan fingerprint density at radius 2 is 1.78 bits per heavy atom. The highest BCUT2D eigenvalue weighted by molar-refractivity contribution is 6.30. The molecule has 2 nitrogen and oxygen atoms in total. The van der Waals surface area contributed by atoms with E-state index in [1.54, 1.807) is 0 Å². The van der Waals surface area contributed by atoms with E-state index in [0.29, 0.717) is 6.04 Å². The molecule has 1 N–H and O–H groups in total. The fourth-order valence-corrected chi connectivity index (χ4v) is 2.66. The molecule has 0 saturated carbocycles. The maximum absolute atomic E-state index is 6.13. The molecule has 3 heteroatoms. The first kappa shape index (κ1) is 17.8. The summed E-state index contributed by atoms with van der Waals surface area (Å²) in [6.07, 6.45) is 2.34. The predicted octanol–water partition coefficient (Wildman–Crippen LogP) is 5.24. The maximum atomic E-state index is 6.13. The molecule has 124 valence electrons. The first-order chi connectivity index (χ1) is 11.0. The number of ether oxygens (including phenoxy) is 1. The third-order valence-corrected chi connectivity index (χ3v) is 3.97. The average Bonchev–Trinajstić information content (AvgIpc) is 2.53. The Balaban J connectivity index is 1.88. The maximum Gasteiger partial charge on any atom is 0.124 e. The second kappa shape index (κ2) is 8.95. The Morgan fingerprint density at radius 3 is 2.48 bits per heavy atom. The third kappa shape index (κ3) is 6.25. The molecule has 0 radical (unpaired) electrons. The van der Waals surface area contributed by atoms with E-state index in [9.17, 15) is 0 Å². The van der Waals surface area contributed by atoms with Crippen molar-refractivity contribution in [2.45, 2.75) is 52.3 Å². The van der Waals surface area contributed by atoms with Crippen molar-refractivity contribution in [3.05, 3.63) is 64.7 Å². The monoisotopic (exact) mass is 331 g/mol. The number of benzene rings is 2. The summed E-state index contributed by atoms with van der Waals surface area (Å²) < 4.78 is 5.86. The smallest absolute Gasteiger partial charge is 0.124 e. The van der Waals surface area contributed by atoms with Crippen LogP contribution in [0.2, 0.25) is 5.02 Å². The summed E-state index contributed by atoms with van der Waals surface area (Å²) in [5.41, 5.74) is 2.49. The van der Waals surface area contributed by atoms with Gasteiger partial charge in [-0.15, -0.1) is 0 Å². The van der Waals surface area contributed by atoms with E-state index in [1.165, 1.54) is 5.56 Å². The summed E-state index contributed by atoms with van der Waals surface area (Å²) in [5.74, 6) is 0.909. The molecule has 0 aliphatic carbocycles. The topological polar surface area (TPSA) is 21.3 Å². The van der Waals surface area contributed by atoms with Crippen molar-refractivity contribution in [2.24, 2.45) is 0 Å². The molecule has 0 unspecified atom stereocenters. The van der Waals surface area contributed by atoms with Crippen molar-refractivity contribution >= 4 is 11.6 Å². The van der Waals surface area contributed by atoms with Crippen molar-refractivity contribution in [3.8, 4) is 5.75 Å². The summed E-state index contributed by atoms with van der Waals surface area (Å²) in [7, 11) is 0. The first-order valence-electron chi connectivity index (χ1n) is 8.27. The van der Waals surface area contributed by atoms with Gasteiger partial charge in [-0.05, 0) is 57.4 Å². The molecule has 0 spiro atoms. The van der Waals surface area contributed by atoms with Gasteiger partial charge in [0, 0.05) is 23.2 Å². The molecule has 2 aromatic rings. The molecule has 0 aliphatic rings. The summed E-state index contributed by atoms with van der Waals surface area (Å²) in [6.45, 7) is 7.05. The van der Waals surface area contributed by atoms with Crippen LogP contribution in [0, 0.1) is 0 Å². The number of aryl methyl sites for hydroxylation is 1. The highest BCUT2D eigenvalue weighted by Crippen LogP contribution is 2.24. The molecule has 0 aliphatic heterocycles. The summed E-state index contributed by atoms with van der Waals surface area (Å²) >= 11 is 6.13. The number of hydrogen-bond donors (Lipinski definition) is 1. The van der Waals surface area contributed by atoms with Gasteiger partial charge in [0.15, 0.2) is 0 Å². The largest absolute Gasteiger partial charge is 0.491 e. The quantitative estimate of drug-likeness (QED) is 0.714. The Kier molecular flexibility index (Phi) is 6.94. The van der Waals surface area contributed by atoms with Crippen LogP contribution in [0.25, 0.3) is 0 Å². The zero-order valence-corrected chi connectivity index (χ0v) is 14.9. The number of nitrogens with one attached hydrogen (secondary N) is 1. The van der Waals surface area contributed by atoms with Crippen LogP contribution in [0.3, 0.4) is 0 Å². The van der Waals surface area contributed by atoms with Gasteiger partial charge in [0.05, 0.1) is 6.10 Å². The van der Waals surface area contributed by atoms with Crippen LogP contribution in [0.4, 0.5) is 0 Å². The Morgan fingerprint density at radius 1 is 1.04 bits per heavy atom. The van der Waals surface area contributed by atoms with E-state index in [1.807, 2.05) is 32.0 Å². The van der Waals surface area contributed by atoms with E-state index in [2.05, 4.69) is 42.6 Å². The summed E-state index contributed by atoms with van der Waals surface area (Å²) in [6, 6.07) is 16.8. The van der Waals surface area contributed by atoms with Gasteiger partial charge >= 0.3 is 0 Å². The molecule has 0 saturated heterocycles. The lowest BCUT2D eigenvalue weighted by molar-refractivity contribution is 0.239. The minimum absolute atomic E-state index is 0.158. The van der Waals surface area contributed by atoms with Gasteiger partial charge in [-0.1, -0.05) is 41.9 Å². The van der Waals surface area contributed by atoms with Crippen LogP contribution in [-0.2, 0) is 13.0 Å². The Labute approximate surface area is 144 Å². The lowest BCUT2D eigenvalue weighted by atomic mass is 10.1. The molecular formula is C20H26ClNO. The molecular weight excluding hydrogens is 306 g/mol. The van der Waals surface area contributed by atoms with E-state index >= 15 is 0 Å². The van der Waals surface area contributed by atoms with Crippen LogP contribution in [0.5, 0.6) is 5.75 Å². The van der Waals surface area contributed by atoms with Gasteiger partial charge in [0.25, 0.3) is 0 Å². The van der Waals surface area contributed by atoms with Crippen LogP contribution in [0.1, 0.15) is 38.3 Å². The molecule has 0 bridgehead atoms. The average molecular weight is 332 g/mol. The van der Waals surface area contributed by atoms with Crippen molar-refractivity contribution < 1.29 is 4.74 Å². The van der Waals surface area contributed by atoms with Crippen LogP contribution in [-0.4, -0.2) is 12.1 Å². The van der Waals surface area contributed by atoms with Gasteiger partial charge in [0.1, 0.15) is 5.75 Å². The minimum Gasteiger partial charge on any atom is -0.491 e. The molecule has 0 aromatic heterocycles. The Bertz CT molecular complexity index is 598. The molecule has 2 rings (SSSR count). The van der Waals surface area contributed by atoms with Crippen LogP contribution >= 0.6 is 11.6 Å². The van der Waals surface area contributed by atoms with Crippen LogP contribution < -0.4 is 10.1 Å². The highest BCUT2D eigenvalue weighted by Gasteiger charge is 2.09. The van der Waals surface area contributed by atoms with Gasteiger partial charge < -0.3 is 10.1 Å². The van der Waals surface area contributed by atoms with E-state index in [4.69, 9.17) is 16.3 Å². The molecule has 0 amide bonds. The Hall–Kier alpha value is -1.51. The fourth-order valence-electron chi connectivity index (χ4n) is 2.47. The van der Waals surface area contributed by atoms with Gasteiger partial charge in [-0.3, -0.25) is 0 Å². The van der Waals surface area contributed by atoms with Crippen molar-refractivity contribution in [2.75, 3.05) is 0 Å². The predicted molar refractivity (Wildman–Crippen MR) is 98.3 cm³/mol. The fraction of sp³-hybridized carbons (Fsp3) is 0.400. The first-order valence-corrected chi connectivity index (χ1v) is 8.65. The second-order valence-corrected chi connectivity index (χ2v) is 6.66.